The van der Waals surface area contributed by atoms with Gasteiger partial charge in [-0.3, -0.25) is 4.98 Å². The normalized spacial score (nSPS) is 15.0. The van der Waals surface area contributed by atoms with Crippen molar-refractivity contribution in [3.63, 3.8) is 0 Å². The smallest absolute Gasteiger partial charge is 0.127 e. The molecule has 1 aliphatic carbocycles. The second-order valence-electron chi connectivity index (χ2n) is 5.34. The maximum Gasteiger partial charge on any atom is 0.127 e. The summed E-state index contributed by atoms with van der Waals surface area (Å²) in [6.07, 6.45) is 6.05. The molecule has 0 atom stereocenters. The number of rotatable bonds is 4. The van der Waals surface area contributed by atoms with E-state index in [4.69, 9.17) is 4.74 Å². The Morgan fingerprint density at radius 1 is 1.29 bits per heavy atom. The van der Waals surface area contributed by atoms with E-state index < -0.39 is 0 Å². The maximum atomic E-state index is 9.96. The first-order chi connectivity index (χ1) is 10.2. The van der Waals surface area contributed by atoms with Crippen LogP contribution < -0.4 is 4.74 Å². The lowest BCUT2D eigenvalue weighted by Crippen LogP contribution is -1.99. The number of ether oxygens (including phenoxy) is 1. The van der Waals surface area contributed by atoms with Gasteiger partial charge in [0.25, 0.3) is 0 Å². The molecular weight excluding hydrogens is 262 g/mol. The van der Waals surface area contributed by atoms with Crippen molar-refractivity contribution in [2.45, 2.75) is 32.8 Å². The molecule has 3 heteroatoms. The third-order valence-corrected chi connectivity index (χ3v) is 3.66. The van der Waals surface area contributed by atoms with E-state index in [2.05, 4.69) is 4.98 Å². The molecule has 0 unspecified atom stereocenters. The second-order valence-corrected chi connectivity index (χ2v) is 5.34. The molecular formula is C18H19NO2. The molecule has 2 aromatic rings. The van der Waals surface area contributed by atoms with E-state index in [9.17, 15) is 5.11 Å². The van der Waals surface area contributed by atoms with Crippen molar-refractivity contribution in [1.82, 2.24) is 4.98 Å². The average molecular weight is 281 g/mol. The van der Waals surface area contributed by atoms with E-state index in [0.29, 0.717) is 6.10 Å². The lowest BCUT2D eigenvalue weighted by molar-refractivity contribution is 0.304. The number of aliphatic hydroxyl groups excluding tert-OH is 1. The molecule has 1 saturated carbocycles. The first-order valence-corrected chi connectivity index (χ1v) is 7.27. The minimum Gasteiger partial charge on any atom is -0.508 e. The molecule has 0 amide bonds. The van der Waals surface area contributed by atoms with Crippen molar-refractivity contribution in [3.05, 3.63) is 53.9 Å². The molecule has 0 spiro atoms. The van der Waals surface area contributed by atoms with Gasteiger partial charge < -0.3 is 9.84 Å². The number of aryl methyl sites for hydroxylation is 1. The fourth-order valence-electron chi connectivity index (χ4n) is 2.30. The number of nitrogens with zero attached hydrogens (tertiary/aromatic N) is 1. The molecule has 1 aromatic heterocycles. The Kier molecular flexibility index (Phi) is 3.65. The standard InChI is InChI=1S/C18H19NO2/c1-3-17(20)13-6-9-18(21-14-7-8-14)16(11-13)15-5-4-10-19-12(15)2/h3-6,9-11,14,20H,7-8H2,1-2H3/b17-3-. The van der Waals surface area contributed by atoms with Crippen molar-refractivity contribution >= 4 is 5.76 Å². The van der Waals surface area contributed by atoms with Gasteiger partial charge in [-0.2, -0.15) is 0 Å². The molecule has 108 valence electrons. The van der Waals surface area contributed by atoms with Crippen LogP contribution in [0.3, 0.4) is 0 Å². The van der Waals surface area contributed by atoms with Gasteiger partial charge in [-0.05, 0) is 57.0 Å². The van der Waals surface area contributed by atoms with E-state index in [1.165, 1.54) is 0 Å². The molecule has 1 N–H and O–H groups in total. The van der Waals surface area contributed by atoms with Gasteiger partial charge in [0.1, 0.15) is 11.5 Å². The summed E-state index contributed by atoms with van der Waals surface area (Å²) in [5.74, 6) is 1.14. The summed E-state index contributed by atoms with van der Waals surface area (Å²) < 4.78 is 6.01. The van der Waals surface area contributed by atoms with Crippen LogP contribution in [-0.2, 0) is 0 Å². The zero-order valence-corrected chi connectivity index (χ0v) is 12.3. The van der Waals surface area contributed by atoms with Crippen LogP contribution in [0.1, 0.15) is 31.0 Å². The minimum absolute atomic E-state index is 0.274. The van der Waals surface area contributed by atoms with Crippen molar-refractivity contribution in [2.75, 3.05) is 0 Å². The van der Waals surface area contributed by atoms with Crippen LogP contribution in [0.4, 0.5) is 0 Å². The highest BCUT2D eigenvalue weighted by atomic mass is 16.5. The van der Waals surface area contributed by atoms with E-state index in [1.54, 1.807) is 12.3 Å². The number of aromatic nitrogens is 1. The van der Waals surface area contributed by atoms with Gasteiger partial charge in [-0.15, -0.1) is 0 Å². The van der Waals surface area contributed by atoms with Crippen molar-refractivity contribution in [3.8, 4) is 16.9 Å². The highest BCUT2D eigenvalue weighted by molar-refractivity contribution is 5.76. The number of hydrogen-bond donors (Lipinski definition) is 1. The number of benzene rings is 1. The molecule has 0 bridgehead atoms. The molecule has 3 nitrogen and oxygen atoms in total. The monoisotopic (exact) mass is 281 g/mol. The lowest BCUT2D eigenvalue weighted by Gasteiger charge is -2.14. The average Bonchev–Trinajstić information content (AvgIpc) is 3.31. The van der Waals surface area contributed by atoms with Crippen LogP contribution in [-0.4, -0.2) is 16.2 Å². The fraction of sp³-hybridized carbons (Fsp3) is 0.278. The Hall–Kier alpha value is -2.29. The van der Waals surface area contributed by atoms with Crippen LogP contribution in [0.2, 0.25) is 0 Å². The number of aliphatic hydroxyl groups is 1. The van der Waals surface area contributed by atoms with Crippen molar-refractivity contribution in [2.24, 2.45) is 0 Å². The molecule has 1 fully saturated rings. The topological polar surface area (TPSA) is 42.4 Å². The minimum atomic E-state index is 0.274. The zero-order chi connectivity index (χ0) is 14.8. The van der Waals surface area contributed by atoms with Crippen LogP contribution in [0.25, 0.3) is 16.9 Å². The van der Waals surface area contributed by atoms with Gasteiger partial charge in [0, 0.05) is 28.6 Å². The van der Waals surface area contributed by atoms with Crippen LogP contribution in [0, 0.1) is 6.92 Å². The van der Waals surface area contributed by atoms with Gasteiger partial charge in [0.2, 0.25) is 0 Å². The molecule has 0 saturated heterocycles. The Labute approximate surface area is 124 Å². The Balaban J connectivity index is 2.11. The zero-order valence-electron chi connectivity index (χ0n) is 12.3. The highest BCUT2D eigenvalue weighted by Gasteiger charge is 2.25. The summed E-state index contributed by atoms with van der Waals surface area (Å²) in [7, 11) is 0. The quantitative estimate of drug-likeness (QED) is 0.838. The molecule has 0 radical (unpaired) electrons. The Bertz CT molecular complexity index is 687. The maximum absolute atomic E-state index is 9.96. The summed E-state index contributed by atoms with van der Waals surface area (Å²) in [5, 5.41) is 9.96. The summed E-state index contributed by atoms with van der Waals surface area (Å²) in [4.78, 5) is 4.35. The number of allylic oxidation sites excluding steroid dienone is 1. The van der Waals surface area contributed by atoms with E-state index in [0.717, 1.165) is 41.0 Å². The molecule has 1 aromatic carbocycles. The van der Waals surface area contributed by atoms with Crippen molar-refractivity contribution < 1.29 is 9.84 Å². The first-order valence-electron chi connectivity index (χ1n) is 7.27. The van der Waals surface area contributed by atoms with E-state index >= 15 is 0 Å². The highest BCUT2D eigenvalue weighted by Crippen LogP contribution is 2.37. The summed E-state index contributed by atoms with van der Waals surface area (Å²) in [5.41, 5.74) is 3.77. The molecule has 1 aliphatic rings. The predicted octanol–water partition coefficient (Wildman–Crippen LogP) is 4.52. The largest absolute Gasteiger partial charge is 0.508 e. The summed E-state index contributed by atoms with van der Waals surface area (Å²) >= 11 is 0. The predicted molar refractivity (Wildman–Crippen MR) is 84.3 cm³/mol. The van der Waals surface area contributed by atoms with Crippen LogP contribution in [0.5, 0.6) is 5.75 Å². The fourth-order valence-corrected chi connectivity index (χ4v) is 2.30. The van der Waals surface area contributed by atoms with Gasteiger partial charge in [-0.25, -0.2) is 0 Å². The van der Waals surface area contributed by atoms with Gasteiger partial charge in [-0.1, -0.05) is 6.07 Å². The lowest BCUT2D eigenvalue weighted by atomic mass is 10.00. The molecule has 3 rings (SSSR count). The van der Waals surface area contributed by atoms with E-state index in [1.807, 2.05) is 44.2 Å². The third-order valence-electron chi connectivity index (χ3n) is 3.66. The first kappa shape index (κ1) is 13.7. The molecule has 21 heavy (non-hydrogen) atoms. The Morgan fingerprint density at radius 3 is 2.76 bits per heavy atom. The molecule has 0 aliphatic heterocycles. The van der Waals surface area contributed by atoms with Gasteiger partial charge in [0.15, 0.2) is 0 Å². The van der Waals surface area contributed by atoms with Gasteiger partial charge in [0.05, 0.1) is 6.10 Å². The van der Waals surface area contributed by atoms with Crippen LogP contribution >= 0.6 is 0 Å². The SMILES string of the molecule is C/C=C(\O)c1ccc(OC2CC2)c(-c2cccnc2C)c1. The summed E-state index contributed by atoms with van der Waals surface area (Å²) in [6.45, 7) is 3.80. The molecule has 1 heterocycles. The van der Waals surface area contributed by atoms with Gasteiger partial charge >= 0.3 is 0 Å². The Morgan fingerprint density at radius 2 is 2.10 bits per heavy atom. The second kappa shape index (κ2) is 5.60. The van der Waals surface area contributed by atoms with Crippen LogP contribution in [0.15, 0.2) is 42.6 Å². The number of pyridine rings is 1. The third kappa shape index (κ3) is 2.92. The number of hydrogen-bond acceptors (Lipinski definition) is 3. The summed E-state index contributed by atoms with van der Waals surface area (Å²) in [6, 6.07) is 9.76. The van der Waals surface area contributed by atoms with E-state index in [-0.39, 0.29) is 5.76 Å². The van der Waals surface area contributed by atoms with Crippen molar-refractivity contribution in [1.29, 1.82) is 0 Å².